The highest BCUT2D eigenvalue weighted by Crippen LogP contribution is 2.40. The number of rotatable bonds is 12. The molecule has 0 radical (unpaired) electrons. The molecule has 1 fully saturated rings. The lowest BCUT2D eigenvalue weighted by Crippen LogP contribution is -2.44. The first-order valence-corrected chi connectivity index (χ1v) is 9.27. The molecule has 0 aromatic heterocycles. The van der Waals surface area contributed by atoms with Gasteiger partial charge in [-0.05, 0) is 44.7 Å². The highest BCUT2D eigenvalue weighted by Gasteiger charge is 2.33. The zero-order valence-corrected chi connectivity index (χ0v) is 16.2. The molecule has 0 spiro atoms. The van der Waals surface area contributed by atoms with E-state index in [2.05, 4.69) is 27.6 Å². The van der Waals surface area contributed by atoms with E-state index >= 15 is 0 Å². The van der Waals surface area contributed by atoms with E-state index in [1.165, 1.54) is 25.7 Å². The van der Waals surface area contributed by atoms with Crippen LogP contribution >= 0.6 is 0 Å². The summed E-state index contributed by atoms with van der Waals surface area (Å²) in [6, 6.07) is 0. The fourth-order valence-corrected chi connectivity index (χ4v) is 3.37. The van der Waals surface area contributed by atoms with Crippen molar-refractivity contribution in [1.29, 1.82) is 0 Å². The SMILES string of the molecule is CN=C(NCCCN(C)CCOC)NCC1(CCOC)CCCC1. The first kappa shape index (κ1) is 21.2. The lowest BCUT2D eigenvalue weighted by atomic mass is 9.83. The van der Waals surface area contributed by atoms with Gasteiger partial charge in [0.15, 0.2) is 5.96 Å². The van der Waals surface area contributed by atoms with E-state index in [9.17, 15) is 0 Å². The number of guanidine groups is 1. The van der Waals surface area contributed by atoms with Crippen molar-refractivity contribution < 1.29 is 9.47 Å². The molecule has 0 heterocycles. The third-order valence-corrected chi connectivity index (χ3v) is 5.04. The molecule has 1 aliphatic carbocycles. The van der Waals surface area contributed by atoms with Crippen LogP contribution < -0.4 is 10.6 Å². The maximum atomic E-state index is 5.30. The Morgan fingerprint density at radius 3 is 2.42 bits per heavy atom. The third kappa shape index (κ3) is 8.31. The summed E-state index contributed by atoms with van der Waals surface area (Å²) in [5.74, 6) is 0.915. The van der Waals surface area contributed by atoms with E-state index in [4.69, 9.17) is 9.47 Å². The zero-order chi connectivity index (χ0) is 17.7. The highest BCUT2D eigenvalue weighted by atomic mass is 16.5. The second-order valence-electron chi connectivity index (χ2n) is 6.95. The monoisotopic (exact) mass is 342 g/mol. The summed E-state index contributed by atoms with van der Waals surface area (Å²) >= 11 is 0. The average Bonchev–Trinajstić information content (AvgIpc) is 3.06. The predicted molar refractivity (Wildman–Crippen MR) is 101 cm³/mol. The van der Waals surface area contributed by atoms with Crippen LogP contribution in [0.1, 0.15) is 38.5 Å². The van der Waals surface area contributed by atoms with Crippen molar-refractivity contribution in [3.63, 3.8) is 0 Å². The highest BCUT2D eigenvalue weighted by molar-refractivity contribution is 5.79. The quantitative estimate of drug-likeness (QED) is 0.321. The Morgan fingerprint density at radius 2 is 1.79 bits per heavy atom. The van der Waals surface area contributed by atoms with E-state index in [0.717, 1.165) is 58.2 Å². The van der Waals surface area contributed by atoms with E-state index < -0.39 is 0 Å². The summed E-state index contributed by atoms with van der Waals surface area (Å²) in [6.45, 7) is 5.60. The molecule has 0 amide bonds. The summed E-state index contributed by atoms with van der Waals surface area (Å²) in [6.07, 6.45) is 7.50. The molecular formula is C18H38N4O2. The molecule has 142 valence electrons. The maximum Gasteiger partial charge on any atom is 0.190 e. The Bertz CT molecular complexity index is 344. The lowest BCUT2D eigenvalue weighted by molar-refractivity contribution is 0.138. The Labute approximate surface area is 148 Å². The Morgan fingerprint density at radius 1 is 1.08 bits per heavy atom. The minimum absolute atomic E-state index is 0.383. The predicted octanol–water partition coefficient (Wildman–Crippen LogP) is 1.72. The topological polar surface area (TPSA) is 58.1 Å². The van der Waals surface area contributed by atoms with Crippen molar-refractivity contribution in [1.82, 2.24) is 15.5 Å². The summed E-state index contributed by atoms with van der Waals surface area (Å²) in [4.78, 5) is 6.65. The van der Waals surface area contributed by atoms with E-state index in [0.29, 0.717) is 5.41 Å². The molecule has 2 N–H and O–H groups in total. The normalized spacial score (nSPS) is 17.5. The summed E-state index contributed by atoms with van der Waals surface area (Å²) in [7, 11) is 7.51. The van der Waals surface area contributed by atoms with Gasteiger partial charge in [0.2, 0.25) is 0 Å². The van der Waals surface area contributed by atoms with Crippen LogP contribution in [0.2, 0.25) is 0 Å². The molecule has 6 heteroatoms. The number of likely N-dealkylation sites (N-methyl/N-ethyl adjacent to an activating group) is 1. The molecule has 0 aromatic rings. The number of hydrogen-bond donors (Lipinski definition) is 2. The van der Waals surface area contributed by atoms with Crippen LogP contribution in [0.5, 0.6) is 0 Å². The second kappa shape index (κ2) is 12.5. The van der Waals surface area contributed by atoms with Crippen molar-refractivity contribution in [2.45, 2.75) is 38.5 Å². The van der Waals surface area contributed by atoms with Crippen molar-refractivity contribution in [2.24, 2.45) is 10.4 Å². The van der Waals surface area contributed by atoms with Crippen molar-refractivity contribution in [2.75, 3.05) is 67.7 Å². The summed E-state index contributed by atoms with van der Waals surface area (Å²) < 4.78 is 10.4. The molecule has 0 bridgehead atoms. The van der Waals surface area contributed by atoms with Gasteiger partial charge >= 0.3 is 0 Å². The molecule has 0 saturated heterocycles. The van der Waals surface area contributed by atoms with Gasteiger partial charge in [0.25, 0.3) is 0 Å². The van der Waals surface area contributed by atoms with Crippen LogP contribution in [-0.4, -0.2) is 78.6 Å². The largest absolute Gasteiger partial charge is 0.385 e. The van der Waals surface area contributed by atoms with Crippen LogP contribution in [-0.2, 0) is 9.47 Å². The van der Waals surface area contributed by atoms with Crippen molar-refractivity contribution in [3.8, 4) is 0 Å². The van der Waals surface area contributed by atoms with Gasteiger partial charge in [-0.15, -0.1) is 0 Å². The van der Waals surface area contributed by atoms with Gasteiger partial charge in [-0.2, -0.15) is 0 Å². The number of aliphatic imine (C=N–C) groups is 1. The molecule has 1 rings (SSSR count). The van der Waals surface area contributed by atoms with Crippen molar-refractivity contribution in [3.05, 3.63) is 0 Å². The van der Waals surface area contributed by atoms with E-state index in [-0.39, 0.29) is 0 Å². The first-order chi connectivity index (χ1) is 11.7. The van der Waals surface area contributed by atoms with E-state index in [1.54, 1.807) is 14.2 Å². The van der Waals surface area contributed by atoms with Crippen LogP contribution in [0, 0.1) is 5.41 Å². The van der Waals surface area contributed by atoms with Gasteiger partial charge in [-0.1, -0.05) is 12.8 Å². The zero-order valence-electron chi connectivity index (χ0n) is 16.2. The number of hydrogen-bond acceptors (Lipinski definition) is 4. The smallest absolute Gasteiger partial charge is 0.190 e. The fraction of sp³-hybridized carbons (Fsp3) is 0.944. The molecular weight excluding hydrogens is 304 g/mol. The molecule has 0 unspecified atom stereocenters. The minimum atomic E-state index is 0.383. The summed E-state index contributed by atoms with van der Waals surface area (Å²) in [5, 5.41) is 6.96. The van der Waals surface area contributed by atoms with Gasteiger partial charge in [-0.25, -0.2) is 0 Å². The number of nitrogens with one attached hydrogen (secondary N) is 2. The molecule has 1 aliphatic rings. The van der Waals surface area contributed by atoms with Gasteiger partial charge in [0.1, 0.15) is 0 Å². The standard InChI is InChI=1S/C18H38N4O2/c1-19-17(20-11-7-12-22(2)13-15-24-4)21-16-18(10-14-23-3)8-5-6-9-18/h5-16H2,1-4H3,(H2,19,20,21). The molecule has 0 aliphatic heterocycles. The number of methoxy groups -OCH3 is 2. The number of ether oxygens (including phenoxy) is 2. The molecule has 24 heavy (non-hydrogen) atoms. The van der Waals surface area contributed by atoms with Crippen molar-refractivity contribution >= 4 is 5.96 Å². The Balaban J connectivity index is 2.24. The third-order valence-electron chi connectivity index (χ3n) is 5.04. The van der Waals surface area contributed by atoms with Gasteiger partial charge < -0.3 is 25.0 Å². The Kier molecular flexibility index (Phi) is 11.0. The minimum Gasteiger partial charge on any atom is -0.385 e. The van der Waals surface area contributed by atoms with Crippen LogP contribution in [0.25, 0.3) is 0 Å². The van der Waals surface area contributed by atoms with E-state index in [1.807, 2.05) is 7.05 Å². The lowest BCUT2D eigenvalue weighted by Gasteiger charge is -2.30. The van der Waals surface area contributed by atoms with Crippen LogP contribution in [0.3, 0.4) is 0 Å². The fourth-order valence-electron chi connectivity index (χ4n) is 3.37. The number of nitrogens with zero attached hydrogens (tertiary/aromatic N) is 2. The van der Waals surface area contributed by atoms with Gasteiger partial charge in [0.05, 0.1) is 6.61 Å². The molecule has 0 aromatic carbocycles. The van der Waals surface area contributed by atoms with Gasteiger partial charge in [0, 0.05) is 47.5 Å². The second-order valence-corrected chi connectivity index (χ2v) is 6.95. The van der Waals surface area contributed by atoms with Crippen LogP contribution in [0.4, 0.5) is 0 Å². The molecule has 6 nitrogen and oxygen atoms in total. The maximum absolute atomic E-state index is 5.30. The van der Waals surface area contributed by atoms with Gasteiger partial charge in [-0.3, -0.25) is 4.99 Å². The molecule has 1 saturated carbocycles. The molecule has 0 atom stereocenters. The Hall–Kier alpha value is -0.850. The van der Waals surface area contributed by atoms with Crippen LogP contribution in [0.15, 0.2) is 4.99 Å². The average molecular weight is 343 g/mol. The first-order valence-electron chi connectivity index (χ1n) is 9.27. The summed E-state index contributed by atoms with van der Waals surface area (Å²) in [5.41, 5.74) is 0.383.